The molecule has 0 bridgehead atoms. The number of ether oxygens (including phenoxy) is 1. The van der Waals surface area contributed by atoms with Crippen molar-refractivity contribution in [1.29, 1.82) is 0 Å². The van der Waals surface area contributed by atoms with Gasteiger partial charge in [0.05, 0.1) is 24.1 Å². The fourth-order valence-electron chi connectivity index (χ4n) is 2.45. The third-order valence-corrected chi connectivity index (χ3v) is 4.37. The summed E-state index contributed by atoms with van der Waals surface area (Å²) in [4.78, 5) is 11.7. The molecule has 0 aromatic heterocycles. The van der Waals surface area contributed by atoms with Crippen LogP contribution < -0.4 is 4.31 Å². The number of nitrogens with zero attached hydrogens (tertiary/aromatic N) is 1. The summed E-state index contributed by atoms with van der Waals surface area (Å²) in [5.74, 6) is -0.379. The summed E-state index contributed by atoms with van der Waals surface area (Å²) in [6, 6.07) is 4.87. The number of rotatable bonds is 3. The molecule has 0 saturated carbocycles. The molecular weight excluding hydrogens is 266 g/mol. The first-order valence-corrected chi connectivity index (χ1v) is 7.99. The Bertz CT molecular complexity index is 609. The minimum atomic E-state index is -3.29. The Labute approximate surface area is 113 Å². The molecule has 0 radical (unpaired) electrons. The Morgan fingerprint density at radius 1 is 1.47 bits per heavy atom. The van der Waals surface area contributed by atoms with Crippen LogP contribution in [-0.2, 0) is 21.2 Å². The number of anilines is 1. The average molecular weight is 283 g/mol. The van der Waals surface area contributed by atoms with Gasteiger partial charge in [-0.2, -0.15) is 0 Å². The molecular formula is C13H17NO4S. The van der Waals surface area contributed by atoms with E-state index in [1.807, 2.05) is 6.92 Å². The highest BCUT2D eigenvalue weighted by Crippen LogP contribution is 2.34. The highest BCUT2D eigenvalue weighted by Gasteiger charge is 2.32. The van der Waals surface area contributed by atoms with E-state index in [2.05, 4.69) is 0 Å². The molecule has 6 heteroatoms. The zero-order valence-electron chi connectivity index (χ0n) is 11.2. The third kappa shape index (κ3) is 2.58. The van der Waals surface area contributed by atoms with E-state index in [0.717, 1.165) is 5.56 Å². The maximum absolute atomic E-state index is 11.8. The van der Waals surface area contributed by atoms with Crippen LogP contribution in [0.15, 0.2) is 18.2 Å². The normalized spacial score (nSPS) is 18.3. The fraction of sp³-hybridized carbons (Fsp3) is 0.462. The lowest BCUT2D eigenvalue weighted by molar-refractivity contribution is 0.0526. The summed E-state index contributed by atoms with van der Waals surface area (Å²) in [6.07, 6.45) is 1.80. The second-order valence-corrected chi connectivity index (χ2v) is 6.54. The number of hydrogen-bond donors (Lipinski definition) is 0. The van der Waals surface area contributed by atoms with Crippen LogP contribution in [0.3, 0.4) is 0 Å². The fourth-order valence-corrected chi connectivity index (χ4v) is 3.71. The van der Waals surface area contributed by atoms with Gasteiger partial charge in [-0.25, -0.2) is 13.2 Å². The Morgan fingerprint density at radius 2 is 2.16 bits per heavy atom. The quantitative estimate of drug-likeness (QED) is 0.790. The Hall–Kier alpha value is -1.56. The van der Waals surface area contributed by atoms with Gasteiger partial charge in [0.25, 0.3) is 0 Å². The zero-order valence-corrected chi connectivity index (χ0v) is 12.0. The lowest BCUT2D eigenvalue weighted by Crippen LogP contribution is -2.34. The molecule has 1 heterocycles. The summed E-state index contributed by atoms with van der Waals surface area (Å²) >= 11 is 0. The molecule has 19 heavy (non-hydrogen) atoms. The van der Waals surface area contributed by atoms with Crippen molar-refractivity contribution in [3.8, 4) is 0 Å². The maximum atomic E-state index is 11.8. The Balaban J connectivity index is 2.40. The van der Waals surface area contributed by atoms with Crippen LogP contribution in [0.25, 0.3) is 0 Å². The van der Waals surface area contributed by atoms with E-state index in [9.17, 15) is 13.2 Å². The molecule has 5 nitrogen and oxygen atoms in total. The second kappa shape index (κ2) is 4.85. The number of sulfonamides is 1. The van der Waals surface area contributed by atoms with Crippen LogP contribution in [0.2, 0.25) is 0 Å². The molecule has 0 saturated heterocycles. The molecule has 0 N–H and O–H groups in total. The first-order chi connectivity index (χ1) is 8.84. The molecule has 0 amide bonds. The van der Waals surface area contributed by atoms with Gasteiger partial charge in [-0.05, 0) is 44.0 Å². The van der Waals surface area contributed by atoms with Crippen molar-refractivity contribution in [2.24, 2.45) is 0 Å². The molecule has 2 rings (SSSR count). The summed E-state index contributed by atoms with van der Waals surface area (Å²) < 4.78 is 29.9. The summed E-state index contributed by atoms with van der Waals surface area (Å²) in [5.41, 5.74) is 1.98. The van der Waals surface area contributed by atoms with E-state index in [-0.39, 0.29) is 12.0 Å². The first-order valence-electron chi connectivity index (χ1n) is 6.14. The van der Waals surface area contributed by atoms with Crippen molar-refractivity contribution in [3.63, 3.8) is 0 Å². The highest BCUT2D eigenvalue weighted by atomic mass is 32.2. The number of carbonyl (C=O) groups excluding carboxylic acids is 1. The van der Waals surface area contributed by atoms with Crippen LogP contribution in [0, 0.1) is 0 Å². The number of hydrogen-bond acceptors (Lipinski definition) is 4. The summed E-state index contributed by atoms with van der Waals surface area (Å²) in [6.45, 7) is 3.92. The minimum Gasteiger partial charge on any atom is -0.462 e. The number of benzene rings is 1. The first kappa shape index (κ1) is 13.9. The van der Waals surface area contributed by atoms with E-state index in [1.165, 1.54) is 10.6 Å². The van der Waals surface area contributed by atoms with Gasteiger partial charge < -0.3 is 4.74 Å². The molecule has 0 spiro atoms. The van der Waals surface area contributed by atoms with Crippen LogP contribution in [0.5, 0.6) is 0 Å². The predicted molar refractivity (Wildman–Crippen MR) is 72.9 cm³/mol. The minimum absolute atomic E-state index is 0.123. The van der Waals surface area contributed by atoms with Crippen LogP contribution >= 0.6 is 0 Å². The van der Waals surface area contributed by atoms with Crippen LogP contribution in [-0.4, -0.2) is 33.3 Å². The lowest BCUT2D eigenvalue weighted by atomic mass is 10.1. The standard InChI is InChI=1S/C13H17NO4S/c1-4-18-13(15)10-5-6-12-11(8-10)7-9(2)14(12)19(3,16)17/h5-6,8-9H,4,7H2,1-3H3/t9-/m0/s1. The molecule has 1 aromatic carbocycles. The van der Waals surface area contributed by atoms with Crippen LogP contribution in [0.4, 0.5) is 5.69 Å². The van der Waals surface area contributed by atoms with E-state index in [4.69, 9.17) is 4.74 Å². The number of fused-ring (bicyclic) bond motifs is 1. The molecule has 0 aliphatic carbocycles. The molecule has 1 aromatic rings. The maximum Gasteiger partial charge on any atom is 0.338 e. The Kier molecular flexibility index (Phi) is 3.54. The van der Waals surface area contributed by atoms with Gasteiger partial charge >= 0.3 is 5.97 Å². The molecule has 0 fully saturated rings. The van der Waals surface area contributed by atoms with Gasteiger partial charge in [0, 0.05) is 6.04 Å². The smallest absolute Gasteiger partial charge is 0.338 e. The van der Waals surface area contributed by atoms with Crippen molar-refractivity contribution in [2.45, 2.75) is 26.3 Å². The predicted octanol–water partition coefficient (Wildman–Crippen LogP) is 1.57. The van der Waals surface area contributed by atoms with Crippen molar-refractivity contribution in [2.75, 3.05) is 17.2 Å². The van der Waals surface area contributed by atoms with Gasteiger partial charge in [0.1, 0.15) is 0 Å². The molecule has 104 valence electrons. The molecule has 1 atom stereocenters. The van der Waals surface area contributed by atoms with E-state index >= 15 is 0 Å². The second-order valence-electron chi connectivity index (χ2n) is 4.68. The topological polar surface area (TPSA) is 63.7 Å². The summed E-state index contributed by atoms with van der Waals surface area (Å²) in [5, 5.41) is 0. The van der Waals surface area contributed by atoms with Gasteiger partial charge in [-0.15, -0.1) is 0 Å². The van der Waals surface area contributed by atoms with Crippen molar-refractivity contribution in [3.05, 3.63) is 29.3 Å². The van der Waals surface area contributed by atoms with E-state index < -0.39 is 10.0 Å². The monoisotopic (exact) mass is 283 g/mol. The van der Waals surface area contributed by atoms with Gasteiger partial charge in [-0.3, -0.25) is 4.31 Å². The molecule has 0 unspecified atom stereocenters. The zero-order chi connectivity index (χ0) is 14.2. The summed E-state index contributed by atoms with van der Waals surface area (Å²) in [7, 11) is -3.29. The van der Waals surface area contributed by atoms with Gasteiger partial charge in [-0.1, -0.05) is 0 Å². The molecule has 1 aliphatic heterocycles. The lowest BCUT2D eigenvalue weighted by Gasteiger charge is -2.21. The third-order valence-electron chi connectivity index (χ3n) is 3.10. The number of esters is 1. The van der Waals surface area contributed by atoms with E-state index in [0.29, 0.717) is 24.3 Å². The number of carbonyl (C=O) groups is 1. The largest absolute Gasteiger partial charge is 0.462 e. The van der Waals surface area contributed by atoms with E-state index in [1.54, 1.807) is 25.1 Å². The van der Waals surface area contributed by atoms with Gasteiger partial charge in [0.2, 0.25) is 10.0 Å². The van der Waals surface area contributed by atoms with Crippen molar-refractivity contribution >= 4 is 21.7 Å². The SMILES string of the molecule is CCOC(=O)c1ccc2c(c1)C[C@H](C)N2S(C)(=O)=O. The van der Waals surface area contributed by atoms with Gasteiger partial charge in [0.15, 0.2) is 0 Å². The average Bonchev–Trinajstić information content (AvgIpc) is 2.63. The Morgan fingerprint density at radius 3 is 2.74 bits per heavy atom. The molecule has 1 aliphatic rings. The van der Waals surface area contributed by atoms with Crippen LogP contribution in [0.1, 0.15) is 29.8 Å². The van der Waals surface area contributed by atoms with Crippen molar-refractivity contribution < 1.29 is 17.9 Å². The highest BCUT2D eigenvalue weighted by molar-refractivity contribution is 7.92. The van der Waals surface area contributed by atoms with Crippen molar-refractivity contribution in [1.82, 2.24) is 0 Å².